The van der Waals surface area contributed by atoms with E-state index in [2.05, 4.69) is 45.6 Å². The van der Waals surface area contributed by atoms with E-state index in [0.29, 0.717) is 6.54 Å². The summed E-state index contributed by atoms with van der Waals surface area (Å²) in [7, 11) is 0. The monoisotopic (exact) mass is 315 g/mol. The zero-order chi connectivity index (χ0) is 13.4. The second-order valence-electron chi connectivity index (χ2n) is 4.52. The van der Waals surface area contributed by atoms with E-state index in [1.54, 1.807) is 0 Å². The van der Waals surface area contributed by atoms with E-state index in [1.165, 1.54) is 0 Å². The van der Waals surface area contributed by atoms with Gasteiger partial charge in [0.1, 0.15) is 5.65 Å². The van der Waals surface area contributed by atoms with Gasteiger partial charge in [-0.15, -0.1) is 0 Å². The molecule has 0 saturated carbocycles. The van der Waals surface area contributed by atoms with Gasteiger partial charge in [0.2, 0.25) is 0 Å². The van der Waals surface area contributed by atoms with Crippen LogP contribution in [0.2, 0.25) is 0 Å². The minimum atomic E-state index is 0.543. The molecule has 2 heterocycles. The first-order valence-electron chi connectivity index (χ1n) is 6.12. The van der Waals surface area contributed by atoms with Crippen molar-refractivity contribution in [2.24, 2.45) is 5.73 Å². The maximum Gasteiger partial charge on any atom is 0.137 e. The van der Waals surface area contributed by atoms with Crippen LogP contribution < -0.4 is 5.73 Å². The Labute approximate surface area is 120 Å². The van der Waals surface area contributed by atoms with Crippen LogP contribution in [0.1, 0.15) is 11.3 Å². The lowest BCUT2D eigenvalue weighted by molar-refractivity contribution is 1.01. The molecule has 0 unspecified atom stereocenters. The highest BCUT2D eigenvalue weighted by molar-refractivity contribution is 9.10. The second kappa shape index (κ2) is 4.79. The molecular formula is C15H14BrN3. The van der Waals surface area contributed by atoms with Gasteiger partial charge in [0.15, 0.2) is 0 Å². The standard InChI is InChI=1S/C15H14BrN3/c1-10-15(12-3-5-13(16)6-4-12)18-14-7-2-11(8-17)9-19(10)14/h2-7,9H,8,17H2,1H3. The van der Waals surface area contributed by atoms with Gasteiger partial charge in [-0.3, -0.25) is 0 Å². The molecule has 96 valence electrons. The zero-order valence-electron chi connectivity index (χ0n) is 10.6. The normalized spacial score (nSPS) is 11.1. The summed E-state index contributed by atoms with van der Waals surface area (Å²) in [5, 5.41) is 0. The number of rotatable bonds is 2. The van der Waals surface area contributed by atoms with Crippen LogP contribution in [-0.4, -0.2) is 9.38 Å². The average Bonchev–Trinajstić information content (AvgIpc) is 2.76. The Kier molecular flexibility index (Phi) is 3.12. The highest BCUT2D eigenvalue weighted by atomic mass is 79.9. The highest BCUT2D eigenvalue weighted by Gasteiger charge is 2.10. The van der Waals surface area contributed by atoms with E-state index in [1.807, 2.05) is 24.3 Å². The number of imidazole rings is 1. The molecule has 0 amide bonds. The van der Waals surface area contributed by atoms with Gasteiger partial charge >= 0.3 is 0 Å². The van der Waals surface area contributed by atoms with E-state index >= 15 is 0 Å². The smallest absolute Gasteiger partial charge is 0.137 e. The van der Waals surface area contributed by atoms with Crippen molar-refractivity contribution in [3.8, 4) is 11.3 Å². The fourth-order valence-electron chi connectivity index (χ4n) is 2.21. The Morgan fingerprint density at radius 1 is 1.16 bits per heavy atom. The van der Waals surface area contributed by atoms with Gasteiger partial charge in [-0.2, -0.15) is 0 Å². The molecular weight excluding hydrogens is 302 g/mol. The fraction of sp³-hybridized carbons (Fsp3) is 0.133. The van der Waals surface area contributed by atoms with Crippen molar-refractivity contribution in [1.29, 1.82) is 0 Å². The molecule has 0 spiro atoms. The third-order valence-electron chi connectivity index (χ3n) is 3.27. The van der Waals surface area contributed by atoms with Crippen molar-refractivity contribution in [1.82, 2.24) is 9.38 Å². The van der Waals surface area contributed by atoms with E-state index in [-0.39, 0.29) is 0 Å². The SMILES string of the molecule is Cc1c(-c2ccc(Br)cc2)nc2ccc(CN)cn12. The molecule has 0 radical (unpaired) electrons. The van der Waals surface area contributed by atoms with Crippen LogP contribution in [-0.2, 0) is 6.54 Å². The maximum atomic E-state index is 5.69. The van der Waals surface area contributed by atoms with Crippen LogP contribution in [0.3, 0.4) is 0 Å². The van der Waals surface area contributed by atoms with Gasteiger partial charge in [-0.1, -0.05) is 34.1 Å². The van der Waals surface area contributed by atoms with Crippen LogP contribution in [0, 0.1) is 6.92 Å². The van der Waals surface area contributed by atoms with Gasteiger partial charge < -0.3 is 10.1 Å². The topological polar surface area (TPSA) is 43.3 Å². The summed E-state index contributed by atoms with van der Waals surface area (Å²) < 4.78 is 3.17. The van der Waals surface area contributed by atoms with Gasteiger partial charge in [-0.05, 0) is 30.7 Å². The molecule has 4 heteroatoms. The largest absolute Gasteiger partial charge is 0.326 e. The Morgan fingerprint density at radius 3 is 2.58 bits per heavy atom. The number of aromatic nitrogens is 2. The third-order valence-corrected chi connectivity index (χ3v) is 3.80. The second-order valence-corrected chi connectivity index (χ2v) is 5.44. The number of hydrogen-bond acceptors (Lipinski definition) is 2. The van der Waals surface area contributed by atoms with Crippen LogP contribution in [0.25, 0.3) is 16.9 Å². The van der Waals surface area contributed by atoms with Gasteiger partial charge in [0.25, 0.3) is 0 Å². The van der Waals surface area contributed by atoms with Crippen molar-refractivity contribution in [3.63, 3.8) is 0 Å². The lowest BCUT2D eigenvalue weighted by Gasteiger charge is -2.01. The Hall–Kier alpha value is -1.65. The number of nitrogens with zero attached hydrogens (tertiary/aromatic N) is 2. The van der Waals surface area contributed by atoms with Gasteiger partial charge in [0, 0.05) is 28.5 Å². The Morgan fingerprint density at radius 2 is 1.89 bits per heavy atom. The van der Waals surface area contributed by atoms with E-state index in [0.717, 1.165) is 32.6 Å². The van der Waals surface area contributed by atoms with Crippen LogP contribution in [0.4, 0.5) is 0 Å². The molecule has 2 N–H and O–H groups in total. The lowest BCUT2D eigenvalue weighted by Crippen LogP contribution is -1.98. The van der Waals surface area contributed by atoms with Crippen LogP contribution >= 0.6 is 15.9 Å². The quantitative estimate of drug-likeness (QED) is 0.786. The molecule has 3 nitrogen and oxygen atoms in total. The molecule has 3 rings (SSSR count). The molecule has 0 aliphatic carbocycles. The van der Waals surface area contributed by atoms with Crippen molar-refractivity contribution in [2.45, 2.75) is 13.5 Å². The number of fused-ring (bicyclic) bond motifs is 1. The molecule has 0 atom stereocenters. The van der Waals surface area contributed by atoms with Crippen LogP contribution in [0.5, 0.6) is 0 Å². The fourth-order valence-corrected chi connectivity index (χ4v) is 2.47. The lowest BCUT2D eigenvalue weighted by atomic mass is 10.1. The summed E-state index contributed by atoms with van der Waals surface area (Å²) in [4.78, 5) is 4.69. The number of nitrogens with two attached hydrogens (primary N) is 1. The number of halogens is 1. The van der Waals surface area contributed by atoms with Gasteiger partial charge in [-0.25, -0.2) is 4.98 Å². The van der Waals surface area contributed by atoms with Crippen LogP contribution in [0.15, 0.2) is 47.1 Å². The molecule has 0 saturated heterocycles. The van der Waals surface area contributed by atoms with E-state index < -0.39 is 0 Å². The molecule has 1 aromatic carbocycles. The van der Waals surface area contributed by atoms with E-state index in [9.17, 15) is 0 Å². The zero-order valence-corrected chi connectivity index (χ0v) is 12.2. The molecule has 19 heavy (non-hydrogen) atoms. The number of hydrogen-bond donors (Lipinski definition) is 1. The van der Waals surface area contributed by atoms with Crippen molar-refractivity contribution >= 4 is 21.6 Å². The predicted octanol–water partition coefficient (Wildman–Crippen LogP) is 3.53. The molecule has 0 bridgehead atoms. The highest BCUT2D eigenvalue weighted by Crippen LogP contribution is 2.25. The minimum absolute atomic E-state index is 0.543. The summed E-state index contributed by atoms with van der Waals surface area (Å²) in [6, 6.07) is 12.2. The van der Waals surface area contributed by atoms with E-state index in [4.69, 9.17) is 10.7 Å². The molecule has 0 aliphatic rings. The third kappa shape index (κ3) is 2.17. The summed E-state index contributed by atoms with van der Waals surface area (Å²) in [5.74, 6) is 0. The molecule has 2 aromatic heterocycles. The average molecular weight is 316 g/mol. The number of aryl methyl sites for hydroxylation is 1. The predicted molar refractivity (Wildman–Crippen MR) is 81.0 cm³/mol. The number of benzene rings is 1. The first-order valence-corrected chi connectivity index (χ1v) is 6.92. The minimum Gasteiger partial charge on any atom is -0.326 e. The first-order chi connectivity index (χ1) is 9.19. The molecule has 0 fully saturated rings. The summed E-state index contributed by atoms with van der Waals surface area (Å²) in [5.41, 5.74) is 11.0. The van der Waals surface area contributed by atoms with Gasteiger partial charge in [0.05, 0.1) is 5.69 Å². The molecule has 3 aromatic rings. The summed E-state index contributed by atoms with van der Waals surface area (Å²) in [6.07, 6.45) is 2.06. The van der Waals surface area contributed by atoms with Crippen molar-refractivity contribution in [2.75, 3.05) is 0 Å². The van der Waals surface area contributed by atoms with Crippen molar-refractivity contribution in [3.05, 3.63) is 58.3 Å². The Bertz CT molecular complexity index is 729. The molecule has 0 aliphatic heterocycles. The Balaban J connectivity index is 2.19. The number of pyridine rings is 1. The summed E-state index contributed by atoms with van der Waals surface area (Å²) in [6.45, 7) is 2.62. The first kappa shape index (κ1) is 12.4. The maximum absolute atomic E-state index is 5.69. The summed E-state index contributed by atoms with van der Waals surface area (Å²) >= 11 is 3.45. The van der Waals surface area contributed by atoms with Crippen molar-refractivity contribution < 1.29 is 0 Å².